The predicted molar refractivity (Wildman–Crippen MR) is 125 cm³/mol. The molecule has 1 aliphatic heterocycles. The Morgan fingerprint density at radius 3 is 2.00 bits per heavy atom. The Balaban J connectivity index is 1.60. The standard InChI is InChI=1S/C26H29NO6/c1-27(2,25-23(30)21(28)22(29)24(33-25)26(31)32)15-7-12-20-18-10-5-3-8-16(18)13-14-17-9-4-6-11-19(17)20/h3-6,8-14,21-25,28-30H,7,15H2,1-2H3/p+1. The first-order chi connectivity index (χ1) is 15.7. The molecule has 2 aromatic rings. The van der Waals surface area contributed by atoms with Crippen molar-refractivity contribution < 1.29 is 34.4 Å². The zero-order valence-electron chi connectivity index (χ0n) is 18.7. The fourth-order valence-corrected chi connectivity index (χ4v) is 4.63. The van der Waals surface area contributed by atoms with Crippen LogP contribution in [0.5, 0.6) is 0 Å². The Bertz CT molecular complexity index is 1040. The van der Waals surface area contributed by atoms with Crippen LogP contribution in [0.15, 0.2) is 54.6 Å². The van der Waals surface area contributed by atoms with E-state index < -0.39 is 36.6 Å². The molecule has 5 unspecified atom stereocenters. The topological polar surface area (TPSA) is 107 Å². The van der Waals surface area contributed by atoms with Gasteiger partial charge in [-0.2, -0.15) is 0 Å². The quantitative estimate of drug-likeness (QED) is 0.441. The number of likely N-dealkylation sites (N-methyl/N-ethyl adjacent to an activating group) is 1. The molecule has 7 heteroatoms. The van der Waals surface area contributed by atoms with Crippen molar-refractivity contribution in [2.75, 3.05) is 20.6 Å². The zero-order chi connectivity index (χ0) is 23.8. The van der Waals surface area contributed by atoms with Gasteiger partial charge in [-0.1, -0.05) is 66.8 Å². The van der Waals surface area contributed by atoms with Crippen molar-refractivity contribution in [3.63, 3.8) is 0 Å². The summed E-state index contributed by atoms with van der Waals surface area (Å²) in [6, 6.07) is 16.4. The van der Waals surface area contributed by atoms with E-state index in [0.29, 0.717) is 13.0 Å². The molecule has 4 rings (SSSR count). The minimum atomic E-state index is -1.69. The minimum Gasteiger partial charge on any atom is -0.479 e. The normalized spacial score (nSPS) is 26.8. The number of hydrogen-bond donors (Lipinski definition) is 4. The second-order valence-electron chi connectivity index (χ2n) is 9.17. The molecule has 1 saturated heterocycles. The molecule has 33 heavy (non-hydrogen) atoms. The highest BCUT2D eigenvalue weighted by molar-refractivity contribution is 5.93. The molecule has 174 valence electrons. The number of carboxylic acid groups (broad SMARTS) is 1. The van der Waals surface area contributed by atoms with Crippen molar-refractivity contribution in [1.29, 1.82) is 0 Å². The molecule has 0 radical (unpaired) electrons. The lowest BCUT2D eigenvalue weighted by atomic mass is 9.92. The average molecular weight is 453 g/mol. The van der Waals surface area contributed by atoms with Crippen LogP contribution in [0.1, 0.15) is 28.7 Å². The monoisotopic (exact) mass is 452 g/mol. The van der Waals surface area contributed by atoms with Gasteiger partial charge in [0.25, 0.3) is 0 Å². The fraction of sp³-hybridized carbons (Fsp3) is 0.346. The summed E-state index contributed by atoms with van der Waals surface area (Å²) in [6.45, 7) is 0.512. The number of fused-ring (bicyclic) bond motifs is 2. The van der Waals surface area contributed by atoms with Crippen LogP contribution in [0.4, 0.5) is 0 Å². The summed E-state index contributed by atoms with van der Waals surface area (Å²) in [5, 5.41) is 40.1. The van der Waals surface area contributed by atoms with Gasteiger partial charge < -0.3 is 29.6 Å². The Morgan fingerprint density at radius 2 is 1.45 bits per heavy atom. The van der Waals surface area contributed by atoms with Crippen LogP contribution in [-0.2, 0) is 9.53 Å². The Hall–Kier alpha value is -2.81. The summed E-state index contributed by atoms with van der Waals surface area (Å²) in [5.74, 6) is -1.38. The van der Waals surface area contributed by atoms with E-state index >= 15 is 0 Å². The third-order valence-corrected chi connectivity index (χ3v) is 6.52. The molecule has 0 aromatic heterocycles. The van der Waals surface area contributed by atoms with E-state index in [4.69, 9.17) is 4.74 Å². The van der Waals surface area contributed by atoms with Crippen LogP contribution in [0.2, 0.25) is 0 Å². The first-order valence-electron chi connectivity index (χ1n) is 11.0. The van der Waals surface area contributed by atoms with Crippen molar-refractivity contribution in [3.05, 3.63) is 76.9 Å². The number of aliphatic hydroxyl groups excluding tert-OH is 3. The van der Waals surface area contributed by atoms with Crippen molar-refractivity contribution in [2.45, 2.75) is 37.1 Å². The van der Waals surface area contributed by atoms with E-state index in [9.17, 15) is 25.2 Å². The van der Waals surface area contributed by atoms with Crippen LogP contribution in [0, 0.1) is 0 Å². The Morgan fingerprint density at radius 1 is 0.909 bits per heavy atom. The maximum Gasteiger partial charge on any atom is 0.335 e. The zero-order valence-corrected chi connectivity index (χ0v) is 18.7. The van der Waals surface area contributed by atoms with E-state index in [1.807, 2.05) is 38.4 Å². The molecular formula is C26H30NO6+. The van der Waals surface area contributed by atoms with Gasteiger partial charge in [0.15, 0.2) is 12.2 Å². The van der Waals surface area contributed by atoms with E-state index in [0.717, 1.165) is 27.8 Å². The van der Waals surface area contributed by atoms with Gasteiger partial charge in [-0.25, -0.2) is 4.79 Å². The molecule has 1 fully saturated rings. The number of hydrogen-bond acceptors (Lipinski definition) is 5. The largest absolute Gasteiger partial charge is 0.479 e. The number of rotatable bonds is 5. The van der Waals surface area contributed by atoms with E-state index in [2.05, 4.69) is 42.5 Å². The molecular weight excluding hydrogens is 422 g/mol. The average Bonchev–Trinajstić information content (AvgIpc) is 2.94. The number of quaternary nitrogens is 1. The van der Waals surface area contributed by atoms with E-state index in [1.165, 1.54) is 0 Å². The Kier molecular flexibility index (Phi) is 6.52. The lowest BCUT2D eigenvalue weighted by Gasteiger charge is -2.46. The highest BCUT2D eigenvalue weighted by atomic mass is 16.6. The van der Waals surface area contributed by atoms with Crippen LogP contribution < -0.4 is 0 Å². The number of aliphatic carboxylic acids is 1. The van der Waals surface area contributed by atoms with Gasteiger partial charge in [0.2, 0.25) is 6.23 Å². The summed E-state index contributed by atoms with van der Waals surface area (Å²) in [6.07, 6.45) is -0.321. The third-order valence-electron chi connectivity index (χ3n) is 6.52. The second-order valence-corrected chi connectivity index (χ2v) is 9.17. The SMILES string of the molecule is C[N+](C)(CCC=C1c2ccccc2C=Cc2ccccc21)C1OC(C(=O)O)C(O)C(O)C1O. The van der Waals surface area contributed by atoms with Gasteiger partial charge in [-0.3, -0.25) is 0 Å². The number of aliphatic hydroxyl groups is 3. The van der Waals surface area contributed by atoms with Gasteiger partial charge in [-0.15, -0.1) is 0 Å². The van der Waals surface area contributed by atoms with Crippen molar-refractivity contribution in [3.8, 4) is 0 Å². The lowest BCUT2D eigenvalue weighted by molar-refractivity contribution is -0.944. The minimum absolute atomic E-state index is 0.111. The molecule has 5 atom stereocenters. The van der Waals surface area contributed by atoms with Crippen LogP contribution in [0.3, 0.4) is 0 Å². The van der Waals surface area contributed by atoms with Crippen molar-refractivity contribution in [2.24, 2.45) is 0 Å². The van der Waals surface area contributed by atoms with Crippen LogP contribution in [0.25, 0.3) is 17.7 Å². The van der Waals surface area contributed by atoms with Gasteiger partial charge >= 0.3 is 5.97 Å². The molecule has 4 N–H and O–H groups in total. The molecule has 0 bridgehead atoms. The molecule has 7 nitrogen and oxygen atoms in total. The van der Waals surface area contributed by atoms with Crippen LogP contribution in [-0.4, -0.2) is 82.2 Å². The maximum atomic E-state index is 11.5. The second kappa shape index (κ2) is 9.21. The van der Waals surface area contributed by atoms with Gasteiger partial charge in [0.1, 0.15) is 12.2 Å². The number of carbonyl (C=O) groups is 1. The summed E-state index contributed by atoms with van der Waals surface area (Å²) >= 11 is 0. The summed E-state index contributed by atoms with van der Waals surface area (Å²) in [4.78, 5) is 11.5. The number of nitrogens with zero attached hydrogens (tertiary/aromatic N) is 1. The highest BCUT2D eigenvalue weighted by Crippen LogP contribution is 2.34. The first-order valence-corrected chi connectivity index (χ1v) is 11.0. The molecule has 0 saturated carbocycles. The smallest absolute Gasteiger partial charge is 0.335 e. The maximum absolute atomic E-state index is 11.5. The number of benzene rings is 2. The first kappa shape index (κ1) is 23.4. The van der Waals surface area contributed by atoms with Gasteiger partial charge in [-0.05, 0) is 27.8 Å². The van der Waals surface area contributed by atoms with Crippen molar-refractivity contribution in [1.82, 2.24) is 0 Å². The third kappa shape index (κ3) is 4.51. The number of carboxylic acids is 1. The molecule has 0 amide bonds. The lowest BCUT2D eigenvalue weighted by Crippen LogP contribution is -2.68. The molecule has 1 aliphatic carbocycles. The fourth-order valence-electron chi connectivity index (χ4n) is 4.63. The van der Waals surface area contributed by atoms with E-state index in [-0.39, 0.29) is 4.48 Å². The van der Waals surface area contributed by atoms with Gasteiger partial charge in [0.05, 0.1) is 20.6 Å². The highest BCUT2D eigenvalue weighted by Gasteiger charge is 2.52. The molecule has 1 heterocycles. The van der Waals surface area contributed by atoms with Crippen LogP contribution >= 0.6 is 0 Å². The summed E-state index contributed by atoms with van der Waals surface area (Å²) in [7, 11) is 3.62. The number of ether oxygens (including phenoxy) is 1. The molecule has 2 aromatic carbocycles. The van der Waals surface area contributed by atoms with Crippen molar-refractivity contribution >= 4 is 23.7 Å². The Labute approximate surface area is 193 Å². The van der Waals surface area contributed by atoms with Gasteiger partial charge in [0, 0.05) is 6.42 Å². The predicted octanol–water partition coefficient (Wildman–Crippen LogP) is 1.96. The summed E-state index contributed by atoms with van der Waals surface area (Å²) < 4.78 is 5.68. The molecule has 2 aliphatic rings. The summed E-state index contributed by atoms with van der Waals surface area (Å²) in [5.41, 5.74) is 5.61. The van der Waals surface area contributed by atoms with E-state index in [1.54, 1.807) is 0 Å². The molecule has 0 spiro atoms.